The van der Waals surface area contributed by atoms with Gasteiger partial charge in [0.2, 0.25) is 5.88 Å². The fraction of sp³-hybridized carbons (Fsp3) is 0.600. The predicted molar refractivity (Wildman–Crippen MR) is 85.3 cm³/mol. The first-order chi connectivity index (χ1) is 10.8. The van der Waals surface area contributed by atoms with Gasteiger partial charge >= 0.3 is 6.18 Å². The van der Waals surface area contributed by atoms with Gasteiger partial charge in [-0.05, 0) is 31.7 Å². The summed E-state index contributed by atoms with van der Waals surface area (Å²) >= 11 is 0. The predicted octanol–water partition coefficient (Wildman–Crippen LogP) is 2.64. The van der Waals surface area contributed by atoms with E-state index in [1.807, 2.05) is 6.92 Å². The summed E-state index contributed by atoms with van der Waals surface area (Å²) in [6.45, 7) is 1.80. The molecule has 1 fully saturated rings. The van der Waals surface area contributed by atoms with Gasteiger partial charge in [-0.2, -0.15) is 13.2 Å². The molecule has 1 unspecified atom stereocenters. The Kier molecular flexibility index (Phi) is 7.28. The summed E-state index contributed by atoms with van der Waals surface area (Å²) in [5, 5.41) is 0. The number of amides is 1. The third kappa shape index (κ3) is 5.83. The van der Waals surface area contributed by atoms with E-state index in [4.69, 9.17) is 5.73 Å². The van der Waals surface area contributed by atoms with Crippen molar-refractivity contribution < 1.29 is 22.7 Å². The molecule has 5 nitrogen and oxygen atoms in total. The van der Waals surface area contributed by atoms with Gasteiger partial charge in [-0.3, -0.25) is 4.79 Å². The number of halogens is 4. The lowest BCUT2D eigenvalue weighted by atomic mass is 9.91. The van der Waals surface area contributed by atoms with Crippen LogP contribution in [-0.4, -0.2) is 47.7 Å². The van der Waals surface area contributed by atoms with E-state index in [-0.39, 0.29) is 30.2 Å². The Morgan fingerprint density at radius 3 is 2.50 bits per heavy atom. The molecule has 1 aromatic rings. The second-order valence-corrected chi connectivity index (χ2v) is 5.78. The van der Waals surface area contributed by atoms with E-state index < -0.39 is 12.8 Å². The second kappa shape index (κ2) is 8.53. The van der Waals surface area contributed by atoms with Crippen molar-refractivity contribution in [3.05, 3.63) is 23.9 Å². The summed E-state index contributed by atoms with van der Waals surface area (Å²) in [5.41, 5.74) is 6.20. The van der Waals surface area contributed by atoms with Crippen LogP contribution < -0.4 is 10.5 Å². The van der Waals surface area contributed by atoms with Crippen LogP contribution in [0.1, 0.15) is 30.1 Å². The molecule has 1 aliphatic rings. The average molecular weight is 368 g/mol. The number of ether oxygens (including phenoxy) is 1. The van der Waals surface area contributed by atoms with E-state index in [1.165, 1.54) is 18.3 Å². The smallest absolute Gasteiger partial charge is 0.422 e. The summed E-state index contributed by atoms with van der Waals surface area (Å²) in [7, 11) is 0. The number of piperidine rings is 1. The molecule has 0 spiro atoms. The molecule has 24 heavy (non-hydrogen) atoms. The van der Waals surface area contributed by atoms with Crippen LogP contribution in [0, 0.1) is 5.92 Å². The summed E-state index contributed by atoms with van der Waals surface area (Å²) in [6, 6.07) is 2.81. The Labute approximate surface area is 144 Å². The maximum Gasteiger partial charge on any atom is 0.422 e. The number of pyridine rings is 1. The standard InChI is InChI=1S/C15H20F3N3O2.ClH/c1-10(19)11-4-6-21(7-5-11)14(22)12-2-3-13(20-8-12)23-9-15(16,17)18;/h2-3,8,10-11H,4-7,9,19H2,1H3;1H. The monoisotopic (exact) mass is 367 g/mol. The molecular weight excluding hydrogens is 347 g/mol. The molecule has 0 saturated carbocycles. The Bertz CT molecular complexity index is 530. The van der Waals surface area contributed by atoms with Gasteiger partial charge in [0, 0.05) is 31.4 Å². The molecule has 9 heteroatoms. The van der Waals surface area contributed by atoms with E-state index in [1.54, 1.807) is 4.90 Å². The molecule has 2 heterocycles. The molecule has 2 N–H and O–H groups in total. The first-order valence-corrected chi connectivity index (χ1v) is 7.47. The minimum Gasteiger partial charge on any atom is -0.468 e. The van der Waals surface area contributed by atoms with Crippen molar-refractivity contribution >= 4 is 18.3 Å². The molecule has 2 rings (SSSR count). The highest BCUT2D eigenvalue weighted by atomic mass is 35.5. The molecule has 136 valence electrons. The quantitative estimate of drug-likeness (QED) is 0.888. The maximum atomic E-state index is 12.3. The summed E-state index contributed by atoms with van der Waals surface area (Å²) < 4.78 is 40.7. The summed E-state index contributed by atoms with van der Waals surface area (Å²) in [6.07, 6.45) is -1.47. The van der Waals surface area contributed by atoms with E-state index in [2.05, 4.69) is 9.72 Å². The zero-order valence-electron chi connectivity index (χ0n) is 13.3. The molecule has 1 atom stereocenters. The third-order valence-corrected chi connectivity index (χ3v) is 3.94. The SMILES string of the molecule is CC(N)C1CCN(C(=O)c2ccc(OCC(F)(F)F)nc2)CC1.Cl. The highest BCUT2D eigenvalue weighted by Gasteiger charge is 2.29. The molecule has 1 amide bonds. The van der Waals surface area contributed by atoms with Crippen molar-refractivity contribution in [3.8, 4) is 5.88 Å². The lowest BCUT2D eigenvalue weighted by molar-refractivity contribution is -0.154. The molecular formula is C15H21ClF3N3O2. The zero-order valence-corrected chi connectivity index (χ0v) is 14.1. The van der Waals surface area contributed by atoms with Gasteiger partial charge in [0.05, 0.1) is 5.56 Å². The van der Waals surface area contributed by atoms with E-state index in [0.717, 1.165) is 12.8 Å². The van der Waals surface area contributed by atoms with E-state index in [0.29, 0.717) is 24.6 Å². The fourth-order valence-corrected chi connectivity index (χ4v) is 2.56. The van der Waals surface area contributed by atoms with Crippen LogP contribution in [0.4, 0.5) is 13.2 Å². The van der Waals surface area contributed by atoms with Gasteiger partial charge < -0.3 is 15.4 Å². The van der Waals surface area contributed by atoms with E-state index in [9.17, 15) is 18.0 Å². The maximum absolute atomic E-state index is 12.3. The number of likely N-dealkylation sites (tertiary alicyclic amines) is 1. The number of hydrogen-bond donors (Lipinski definition) is 1. The van der Waals surface area contributed by atoms with Crippen molar-refractivity contribution in [2.45, 2.75) is 32.0 Å². The van der Waals surface area contributed by atoms with Crippen molar-refractivity contribution in [2.24, 2.45) is 11.7 Å². The topological polar surface area (TPSA) is 68.5 Å². The largest absolute Gasteiger partial charge is 0.468 e. The van der Waals surface area contributed by atoms with Gasteiger partial charge in [0.25, 0.3) is 5.91 Å². The number of aromatic nitrogens is 1. The Morgan fingerprint density at radius 1 is 1.42 bits per heavy atom. The van der Waals surface area contributed by atoms with Gasteiger partial charge in [0.1, 0.15) is 0 Å². The molecule has 0 radical (unpaired) electrons. The van der Waals surface area contributed by atoms with Gasteiger partial charge in [-0.1, -0.05) is 0 Å². The van der Waals surface area contributed by atoms with Crippen molar-refractivity contribution in [2.75, 3.05) is 19.7 Å². The lowest BCUT2D eigenvalue weighted by Crippen LogP contribution is -2.42. The van der Waals surface area contributed by atoms with Gasteiger partial charge in [0.15, 0.2) is 6.61 Å². The number of nitrogens with zero attached hydrogens (tertiary/aromatic N) is 2. The molecule has 1 aromatic heterocycles. The number of carbonyl (C=O) groups is 1. The molecule has 0 bridgehead atoms. The summed E-state index contributed by atoms with van der Waals surface area (Å²) in [5.74, 6) is 0.0767. The van der Waals surface area contributed by atoms with Crippen LogP contribution >= 0.6 is 12.4 Å². The van der Waals surface area contributed by atoms with Crippen molar-refractivity contribution in [1.29, 1.82) is 0 Å². The van der Waals surface area contributed by atoms with Crippen LogP contribution in [-0.2, 0) is 0 Å². The number of alkyl halides is 3. The fourth-order valence-electron chi connectivity index (χ4n) is 2.56. The van der Waals surface area contributed by atoms with Crippen molar-refractivity contribution in [3.63, 3.8) is 0 Å². The Hall–Kier alpha value is -1.54. The lowest BCUT2D eigenvalue weighted by Gasteiger charge is -2.33. The summed E-state index contributed by atoms with van der Waals surface area (Å²) in [4.78, 5) is 17.8. The van der Waals surface area contributed by atoms with Gasteiger partial charge in [-0.15, -0.1) is 12.4 Å². The first kappa shape index (κ1) is 20.5. The average Bonchev–Trinajstić information content (AvgIpc) is 2.52. The first-order valence-electron chi connectivity index (χ1n) is 7.47. The van der Waals surface area contributed by atoms with Gasteiger partial charge in [-0.25, -0.2) is 4.98 Å². The number of hydrogen-bond acceptors (Lipinski definition) is 4. The minimum atomic E-state index is -4.42. The third-order valence-electron chi connectivity index (χ3n) is 3.94. The number of nitrogens with two attached hydrogens (primary N) is 1. The van der Waals surface area contributed by atoms with Crippen molar-refractivity contribution in [1.82, 2.24) is 9.88 Å². The minimum absolute atomic E-state index is 0. The molecule has 0 aliphatic carbocycles. The van der Waals surface area contributed by atoms with E-state index >= 15 is 0 Å². The van der Waals surface area contributed by atoms with Crippen LogP contribution in [0.15, 0.2) is 18.3 Å². The highest BCUT2D eigenvalue weighted by Crippen LogP contribution is 2.22. The number of carbonyl (C=O) groups excluding carboxylic acids is 1. The molecule has 1 saturated heterocycles. The zero-order chi connectivity index (χ0) is 17.0. The Balaban J connectivity index is 0.00000288. The van der Waals surface area contributed by atoms with Crippen LogP contribution in [0.5, 0.6) is 5.88 Å². The number of rotatable bonds is 4. The van der Waals surface area contributed by atoms with Crippen LogP contribution in [0.2, 0.25) is 0 Å². The normalized spacial score (nSPS) is 17.1. The van der Waals surface area contributed by atoms with Crippen LogP contribution in [0.3, 0.4) is 0 Å². The second-order valence-electron chi connectivity index (χ2n) is 5.78. The molecule has 1 aliphatic heterocycles. The Morgan fingerprint density at radius 2 is 2.04 bits per heavy atom. The highest BCUT2D eigenvalue weighted by molar-refractivity contribution is 5.94. The molecule has 0 aromatic carbocycles. The van der Waals surface area contributed by atoms with Crippen LogP contribution in [0.25, 0.3) is 0 Å².